The van der Waals surface area contributed by atoms with Crippen molar-refractivity contribution in [2.45, 2.75) is 25.8 Å². The van der Waals surface area contributed by atoms with Gasteiger partial charge < -0.3 is 10.2 Å². The summed E-state index contributed by atoms with van der Waals surface area (Å²) < 4.78 is 16.8. The maximum atomic E-state index is 14.6. The second-order valence-corrected chi connectivity index (χ2v) is 8.31. The monoisotopic (exact) mass is 483 g/mol. The number of halogens is 2. The summed E-state index contributed by atoms with van der Waals surface area (Å²) in [6, 6.07) is 6.99. The average Bonchev–Trinajstić information content (AvgIpc) is 3.10. The molecule has 1 fully saturated rings. The van der Waals surface area contributed by atoms with Crippen LogP contribution in [0.5, 0.6) is 0 Å². The molecule has 0 radical (unpaired) electrons. The Kier molecular flexibility index (Phi) is 5.01. The molecule has 4 heterocycles. The summed E-state index contributed by atoms with van der Waals surface area (Å²) in [5.41, 5.74) is 1.43. The first-order valence-corrected chi connectivity index (χ1v) is 10.8. The standard InChI is InChI=1S/C21H19BrFN7O/c1-12(31)29-7-4-14(5-8-29)26-21-25-11-16-19(22)28-30(20(16)27-21)15-9-13-3-2-6-24-18(13)17(23)10-15/h2-3,6,9-11,14H,4-5,7-8H2,1H3,(H,25,26,27). The van der Waals surface area contributed by atoms with Gasteiger partial charge in [-0.05, 0) is 40.9 Å². The molecule has 158 valence electrons. The zero-order chi connectivity index (χ0) is 21.5. The van der Waals surface area contributed by atoms with Gasteiger partial charge >= 0.3 is 0 Å². The number of hydrogen-bond donors (Lipinski definition) is 1. The van der Waals surface area contributed by atoms with Gasteiger partial charge in [0.2, 0.25) is 11.9 Å². The van der Waals surface area contributed by atoms with E-state index in [1.54, 1.807) is 30.1 Å². The van der Waals surface area contributed by atoms with Crippen LogP contribution in [-0.2, 0) is 4.79 Å². The van der Waals surface area contributed by atoms with Crippen LogP contribution < -0.4 is 5.32 Å². The number of likely N-dealkylation sites (tertiary alicyclic amines) is 1. The highest BCUT2D eigenvalue weighted by atomic mass is 79.9. The van der Waals surface area contributed by atoms with Gasteiger partial charge in [0.25, 0.3) is 0 Å². The SMILES string of the molecule is CC(=O)N1CCC(Nc2ncc3c(Br)nn(-c4cc(F)c5ncccc5c4)c3n2)CC1. The molecule has 31 heavy (non-hydrogen) atoms. The largest absolute Gasteiger partial charge is 0.351 e. The molecule has 0 unspecified atom stereocenters. The quantitative estimate of drug-likeness (QED) is 0.477. The molecule has 1 N–H and O–H groups in total. The topological polar surface area (TPSA) is 88.8 Å². The Morgan fingerprint density at radius 2 is 2.06 bits per heavy atom. The molecule has 0 atom stereocenters. The number of nitrogens with zero attached hydrogens (tertiary/aromatic N) is 6. The van der Waals surface area contributed by atoms with Crippen molar-refractivity contribution < 1.29 is 9.18 Å². The lowest BCUT2D eigenvalue weighted by atomic mass is 10.1. The number of amides is 1. The minimum atomic E-state index is -0.419. The number of aromatic nitrogens is 5. The Hall–Kier alpha value is -3.14. The number of carbonyl (C=O) groups is 1. The molecule has 0 aliphatic carbocycles. The predicted molar refractivity (Wildman–Crippen MR) is 119 cm³/mol. The number of hydrogen-bond acceptors (Lipinski definition) is 6. The van der Waals surface area contributed by atoms with Crippen LogP contribution in [0.1, 0.15) is 19.8 Å². The number of benzene rings is 1. The van der Waals surface area contributed by atoms with E-state index in [2.05, 4.69) is 41.3 Å². The lowest BCUT2D eigenvalue weighted by Crippen LogP contribution is -2.41. The molecule has 0 saturated carbocycles. The highest BCUT2D eigenvalue weighted by molar-refractivity contribution is 9.10. The average molecular weight is 484 g/mol. The van der Waals surface area contributed by atoms with Gasteiger partial charge in [-0.1, -0.05) is 6.07 Å². The number of pyridine rings is 1. The molecular weight excluding hydrogens is 465 g/mol. The Bertz CT molecular complexity index is 1300. The molecular formula is C21H19BrFN7O. The van der Waals surface area contributed by atoms with E-state index in [0.29, 0.717) is 45.9 Å². The molecule has 4 aromatic rings. The van der Waals surface area contributed by atoms with Crippen LogP contribution in [0.4, 0.5) is 10.3 Å². The minimum Gasteiger partial charge on any atom is -0.351 e. The first-order valence-electron chi connectivity index (χ1n) is 9.97. The fraction of sp³-hybridized carbons (Fsp3) is 0.286. The van der Waals surface area contributed by atoms with E-state index in [0.717, 1.165) is 18.2 Å². The summed E-state index contributed by atoms with van der Waals surface area (Å²) in [7, 11) is 0. The number of carbonyl (C=O) groups excluding carboxylic acids is 1. The van der Waals surface area contributed by atoms with Gasteiger partial charge in [0, 0.05) is 49.9 Å². The van der Waals surface area contributed by atoms with Crippen molar-refractivity contribution in [2.75, 3.05) is 18.4 Å². The fourth-order valence-electron chi connectivity index (χ4n) is 3.89. The van der Waals surface area contributed by atoms with Crippen LogP contribution in [0.3, 0.4) is 0 Å². The summed E-state index contributed by atoms with van der Waals surface area (Å²) in [6.45, 7) is 3.02. The van der Waals surface area contributed by atoms with E-state index >= 15 is 0 Å². The zero-order valence-corrected chi connectivity index (χ0v) is 18.3. The van der Waals surface area contributed by atoms with Crippen molar-refractivity contribution in [2.24, 2.45) is 0 Å². The van der Waals surface area contributed by atoms with E-state index in [1.165, 1.54) is 6.07 Å². The maximum Gasteiger partial charge on any atom is 0.224 e. The van der Waals surface area contributed by atoms with E-state index in [4.69, 9.17) is 0 Å². The van der Waals surface area contributed by atoms with Crippen LogP contribution in [-0.4, -0.2) is 54.7 Å². The zero-order valence-electron chi connectivity index (χ0n) is 16.7. The van der Waals surface area contributed by atoms with Gasteiger partial charge in [0.15, 0.2) is 11.5 Å². The molecule has 3 aromatic heterocycles. The van der Waals surface area contributed by atoms with E-state index < -0.39 is 5.82 Å². The maximum absolute atomic E-state index is 14.6. The normalized spacial score (nSPS) is 15.0. The van der Waals surface area contributed by atoms with Crippen molar-refractivity contribution in [1.82, 2.24) is 29.6 Å². The van der Waals surface area contributed by atoms with Crippen molar-refractivity contribution in [3.05, 3.63) is 47.1 Å². The molecule has 8 nitrogen and oxygen atoms in total. The highest BCUT2D eigenvalue weighted by Crippen LogP contribution is 2.27. The molecule has 0 bridgehead atoms. The third-order valence-corrected chi connectivity index (χ3v) is 6.13. The molecule has 1 aromatic carbocycles. The van der Waals surface area contributed by atoms with Crippen LogP contribution in [0.15, 0.2) is 41.3 Å². The molecule has 0 spiro atoms. The van der Waals surface area contributed by atoms with E-state index in [9.17, 15) is 9.18 Å². The van der Waals surface area contributed by atoms with Crippen molar-refractivity contribution in [3.8, 4) is 5.69 Å². The smallest absolute Gasteiger partial charge is 0.224 e. The lowest BCUT2D eigenvalue weighted by molar-refractivity contribution is -0.129. The Balaban J connectivity index is 1.49. The molecule has 10 heteroatoms. The van der Waals surface area contributed by atoms with Crippen LogP contribution >= 0.6 is 15.9 Å². The minimum absolute atomic E-state index is 0.0997. The first-order chi connectivity index (χ1) is 15.0. The van der Waals surface area contributed by atoms with E-state index in [-0.39, 0.29) is 11.9 Å². The number of rotatable bonds is 3. The van der Waals surface area contributed by atoms with Gasteiger partial charge in [-0.15, -0.1) is 0 Å². The van der Waals surface area contributed by atoms with Crippen molar-refractivity contribution in [3.63, 3.8) is 0 Å². The van der Waals surface area contributed by atoms with Gasteiger partial charge in [0.05, 0.1) is 11.1 Å². The van der Waals surface area contributed by atoms with Gasteiger partial charge in [0.1, 0.15) is 10.1 Å². The van der Waals surface area contributed by atoms with E-state index in [1.807, 2.05) is 17.0 Å². The summed E-state index contributed by atoms with van der Waals surface area (Å²) in [4.78, 5) is 26.6. The molecule has 5 rings (SSSR count). The predicted octanol–water partition coefficient (Wildman–Crippen LogP) is 3.69. The highest BCUT2D eigenvalue weighted by Gasteiger charge is 2.22. The number of fused-ring (bicyclic) bond motifs is 2. The van der Waals surface area contributed by atoms with Crippen LogP contribution in [0.25, 0.3) is 27.6 Å². The lowest BCUT2D eigenvalue weighted by Gasteiger charge is -2.31. The first kappa shape index (κ1) is 19.8. The second-order valence-electron chi connectivity index (χ2n) is 7.56. The third kappa shape index (κ3) is 3.71. The second kappa shape index (κ2) is 7.84. The summed E-state index contributed by atoms with van der Waals surface area (Å²) >= 11 is 3.45. The Morgan fingerprint density at radius 1 is 1.26 bits per heavy atom. The van der Waals surface area contributed by atoms with Gasteiger partial charge in [-0.2, -0.15) is 10.1 Å². The molecule has 1 saturated heterocycles. The third-order valence-electron chi connectivity index (χ3n) is 5.54. The Morgan fingerprint density at radius 3 is 2.84 bits per heavy atom. The number of anilines is 1. The molecule has 1 amide bonds. The van der Waals surface area contributed by atoms with Gasteiger partial charge in [-0.25, -0.2) is 14.1 Å². The number of piperidine rings is 1. The molecule has 1 aliphatic heterocycles. The summed E-state index contributed by atoms with van der Waals surface area (Å²) in [5.74, 6) is 0.158. The van der Waals surface area contributed by atoms with Crippen molar-refractivity contribution >= 4 is 49.7 Å². The van der Waals surface area contributed by atoms with Crippen molar-refractivity contribution in [1.29, 1.82) is 0 Å². The fourth-order valence-corrected chi connectivity index (χ4v) is 4.33. The molecule has 1 aliphatic rings. The number of nitrogens with one attached hydrogen (secondary N) is 1. The summed E-state index contributed by atoms with van der Waals surface area (Å²) in [5, 5.41) is 9.27. The Labute approximate surface area is 185 Å². The van der Waals surface area contributed by atoms with Crippen LogP contribution in [0, 0.1) is 5.82 Å². The summed E-state index contributed by atoms with van der Waals surface area (Å²) in [6.07, 6.45) is 4.92. The van der Waals surface area contributed by atoms with Gasteiger partial charge in [-0.3, -0.25) is 9.78 Å². The van der Waals surface area contributed by atoms with Crippen LogP contribution in [0.2, 0.25) is 0 Å².